The van der Waals surface area contributed by atoms with Crippen LogP contribution in [0.25, 0.3) is 10.2 Å². The second kappa shape index (κ2) is 7.41. The minimum absolute atomic E-state index is 0.102. The van der Waals surface area contributed by atoms with E-state index in [4.69, 9.17) is 0 Å². The number of aromatic nitrogens is 1. The number of hydrogen-bond donors (Lipinski definition) is 0. The van der Waals surface area contributed by atoms with Gasteiger partial charge in [0.1, 0.15) is 0 Å². The Balaban J connectivity index is 1.93. The van der Waals surface area contributed by atoms with Crippen molar-refractivity contribution in [2.45, 2.75) is 18.0 Å². The smallest absolute Gasteiger partial charge is 0.220 e. The van der Waals surface area contributed by atoms with E-state index in [2.05, 4.69) is 4.99 Å². The van der Waals surface area contributed by atoms with Gasteiger partial charge >= 0.3 is 6.18 Å². The van der Waals surface area contributed by atoms with E-state index >= 15 is 0 Å². The first-order valence-electron chi connectivity index (χ1n) is 8.81. The lowest BCUT2D eigenvalue weighted by molar-refractivity contribution is -0.137. The molecule has 4 aromatic rings. The van der Waals surface area contributed by atoms with Crippen LogP contribution in [0.5, 0.6) is 0 Å². The average Bonchev–Trinajstić information content (AvgIpc) is 3.06. The molecule has 0 amide bonds. The van der Waals surface area contributed by atoms with Crippen LogP contribution in [-0.4, -0.2) is 12.4 Å². The SMILES string of the molecule is Cc1ccc(S(=O)(=O)n2c(=Nc3ccc(C(F)(F)F)cc3)sc3ccccc32)cc1. The fourth-order valence-electron chi connectivity index (χ4n) is 2.91. The number of halogens is 3. The van der Waals surface area contributed by atoms with Crippen LogP contribution >= 0.6 is 11.3 Å². The first-order valence-corrected chi connectivity index (χ1v) is 11.1. The zero-order valence-electron chi connectivity index (χ0n) is 15.6. The van der Waals surface area contributed by atoms with Crippen molar-refractivity contribution in [2.24, 2.45) is 4.99 Å². The molecule has 3 aromatic carbocycles. The van der Waals surface area contributed by atoms with E-state index in [0.29, 0.717) is 10.2 Å². The van der Waals surface area contributed by atoms with Gasteiger partial charge in [-0.25, -0.2) is 17.4 Å². The Labute approximate surface area is 174 Å². The van der Waals surface area contributed by atoms with Crippen LogP contribution in [0.3, 0.4) is 0 Å². The van der Waals surface area contributed by atoms with E-state index in [9.17, 15) is 21.6 Å². The lowest BCUT2D eigenvalue weighted by Gasteiger charge is -2.08. The van der Waals surface area contributed by atoms with Crippen molar-refractivity contribution < 1.29 is 21.6 Å². The number of aryl methyl sites for hydroxylation is 1. The van der Waals surface area contributed by atoms with Crippen molar-refractivity contribution in [1.29, 1.82) is 0 Å². The fourth-order valence-corrected chi connectivity index (χ4v) is 5.66. The van der Waals surface area contributed by atoms with E-state index in [1.54, 1.807) is 36.4 Å². The lowest BCUT2D eigenvalue weighted by Crippen LogP contribution is -2.23. The summed E-state index contributed by atoms with van der Waals surface area (Å²) < 4.78 is 67.0. The van der Waals surface area contributed by atoms with Gasteiger partial charge in [0, 0.05) is 0 Å². The second-order valence-corrected chi connectivity index (χ2v) is 9.39. The molecule has 0 N–H and O–H groups in total. The molecular weight excluding hydrogens is 433 g/mol. The minimum atomic E-state index is -4.45. The van der Waals surface area contributed by atoms with Crippen molar-refractivity contribution in [3.63, 3.8) is 0 Å². The molecule has 0 saturated heterocycles. The standard InChI is InChI=1S/C21H15F3N2O2S2/c1-14-6-12-17(13-7-14)30(27,28)26-18-4-2-3-5-19(18)29-20(26)25-16-10-8-15(9-11-16)21(22,23)24/h2-13H,1H3. The van der Waals surface area contributed by atoms with Gasteiger partial charge in [-0.15, -0.1) is 0 Å². The third kappa shape index (κ3) is 3.78. The number of fused-ring (bicyclic) bond motifs is 1. The molecule has 1 aromatic heterocycles. The Kier molecular flexibility index (Phi) is 5.03. The zero-order chi connectivity index (χ0) is 21.5. The molecule has 0 aliphatic carbocycles. The second-order valence-electron chi connectivity index (χ2n) is 6.59. The first kappa shape index (κ1) is 20.4. The Morgan fingerprint density at radius 1 is 0.900 bits per heavy atom. The molecule has 1 heterocycles. The highest BCUT2D eigenvalue weighted by Crippen LogP contribution is 2.30. The van der Waals surface area contributed by atoms with E-state index in [0.717, 1.165) is 33.0 Å². The third-order valence-corrected chi connectivity index (χ3v) is 7.29. The van der Waals surface area contributed by atoms with Crippen LogP contribution < -0.4 is 4.80 Å². The van der Waals surface area contributed by atoms with Crippen molar-refractivity contribution >= 4 is 37.3 Å². The number of alkyl halides is 3. The summed E-state index contributed by atoms with van der Waals surface area (Å²) in [5, 5.41) is 0. The Hall–Kier alpha value is -2.91. The van der Waals surface area contributed by atoms with Crippen molar-refractivity contribution in [1.82, 2.24) is 3.97 Å². The van der Waals surface area contributed by atoms with E-state index < -0.39 is 21.8 Å². The highest BCUT2D eigenvalue weighted by molar-refractivity contribution is 7.90. The zero-order valence-corrected chi connectivity index (χ0v) is 17.2. The van der Waals surface area contributed by atoms with E-state index in [1.165, 1.54) is 24.3 Å². The molecule has 9 heteroatoms. The minimum Gasteiger partial charge on any atom is -0.220 e. The Morgan fingerprint density at radius 3 is 2.17 bits per heavy atom. The summed E-state index contributed by atoms with van der Waals surface area (Å²) >= 11 is 1.15. The molecule has 4 nitrogen and oxygen atoms in total. The molecule has 0 saturated carbocycles. The van der Waals surface area contributed by atoms with Crippen LogP contribution in [0.4, 0.5) is 18.9 Å². The molecule has 154 valence electrons. The van der Waals surface area contributed by atoms with Crippen LogP contribution in [0.1, 0.15) is 11.1 Å². The van der Waals surface area contributed by atoms with Gasteiger partial charge in [-0.05, 0) is 55.5 Å². The van der Waals surface area contributed by atoms with Crippen LogP contribution in [0, 0.1) is 6.92 Å². The topological polar surface area (TPSA) is 51.4 Å². The maximum absolute atomic E-state index is 13.4. The van der Waals surface area contributed by atoms with Crippen molar-refractivity contribution in [3.8, 4) is 0 Å². The first-order chi connectivity index (χ1) is 14.2. The summed E-state index contributed by atoms with van der Waals surface area (Å²) in [6, 6.07) is 17.7. The maximum Gasteiger partial charge on any atom is 0.416 e. The molecule has 4 rings (SSSR count). The third-order valence-electron chi connectivity index (χ3n) is 4.44. The highest BCUT2D eigenvalue weighted by atomic mass is 32.2. The number of hydrogen-bond acceptors (Lipinski definition) is 4. The Morgan fingerprint density at radius 2 is 1.53 bits per heavy atom. The van der Waals surface area contributed by atoms with Gasteiger partial charge in [-0.1, -0.05) is 41.2 Å². The fraction of sp³-hybridized carbons (Fsp3) is 0.0952. The molecule has 0 aliphatic rings. The summed E-state index contributed by atoms with van der Waals surface area (Å²) in [6.07, 6.45) is -4.45. The van der Waals surface area contributed by atoms with Crippen molar-refractivity contribution in [2.75, 3.05) is 0 Å². The highest BCUT2D eigenvalue weighted by Gasteiger charge is 2.30. The molecule has 0 atom stereocenters. The van der Waals surface area contributed by atoms with Crippen LogP contribution in [0.15, 0.2) is 82.7 Å². The van der Waals surface area contributed by atoms with Gasteiger partial charge in [0.15, 0.2) is 0 Å². The van der Waals surface area contributed by atoms with Gasteiger partial charge in [0.25, 0.3) is 10.0 Å². The Bertz CT molecular complexity index is 1380. The van der Waals surface area contributed by atoms with Crippen LogP contribution in [-0.2, 0) is 16.2 Å². The number of benzene rings is 3. The predicted molar refractivity (Wildman–Crippen MR) is 110 cm³/mol. The molecule has 0 spiro atoms. The number of thiazole rings is 1. The molecular formula is C21H15F3N2O2S2. The summed E-state index contributed by atoms with van der Waals surface area (Å²) in [5.41, 5.74) is 0.804. The number of nitrogens with zero attached hydrogens (tertiary/aromatic N) is 2. The van der Waals surface area contributed by atoms with E-state index in [1.807, 2.05) is 6.92 Å². The molecule has 0 bridgehead atoms. The number of rotatable bonds is 3. The maximum atomic E-state index is 13.4. The molecule has 0 unspecified atom stereocenters. The largest absolute Gasteiger partial charge is 0.416 e. The monoisotopic (exact) mass is 448 g/mol. The summed E-state index contributed by atoms with van der Waals surface area (Å²) in [6.45, 7) is 1.86. The molecule has 0 aliphatic heterocycles. The lowest BCUT2D eigenvalue weighted by atomic mass is 10.2. The van der Waals surface area contributed by atoms with Crippen molar-refractivity contribution in [3.05, 3.63) is 88.7 Å². The van der Waals surface area contributed by atoms with Crippen LogP contribution in [0.2, 0.25) is 0 Å². The predicted octanol–water partition coefficient (Wildman–Crippen LogP) is 5.50. The quantitative estimate of drug-likeness (QED) is 0.416. The normalized spacial score (nSPS) is 13.1. The number of para-hydroxylation sites is 1. The van der Waals surface area contributed by atoms with Gasteiger partial charge in [0.2, 0.25) is 4.80 Å². The molecule has 0 radical (unpaired) electrons. The van der Waals surface area contributed by atoms with Gasteiger partial charge in [-0.3, -0.25) is 0 Å². The van der Waals surface area contributed by atoms with E-state index in [-0.39, 0.29) is 15.4 Å². The van der Waals surface area contributed by atoms with Gasteiger partial charge in [-0.2, -0.15) is 13.2 Å². The average molecular weight is 448 g/mol. The molecule has 30 heavy (non-hydrogen) atoms. The van der Waals surface area contributed by atoms with Gasteiger partial charge < -0.3 is 0 Å². The summed E-state index contributed by atoms with van der Waals surface area (Å²) in [5.74, 6) is 0. The summed E-state index contributed by atoms with van der Waals surface area (Å²) in [7, 11) is -3.97. The van der Waals surface area contributed by atoms with Gasteiger partial charge in [0.05, 0.1) is 26.4 Å². The molecule has 0 fully saturated rings. The summed E-state index contributed by atoms with van der Waals surface area (Å²) in [4.78, 5) is 4.60.